The third-order valence-electron chi connectivity index (χ3n) is 4.47. The Morgan fingerprint density at radius 2 is 1.71 bits per heavy atom. The summed E-state index contributed by atoms with van der Waals surface area (Å²) in [7, 11) is 4.05. The predicted octanol–water partition coefficient (Wildman–Crippen LogP) is 3.80. The lowest BCUT2D eigenvalue weighted by Crippen LogP contribution is -2.27. The van der Waals surface area contributed by atoms with E-state index in [1.165, 1.54) is 5.56 Å². The van der Waals surface area contributed by atoms with Crippen LogP contribution in [0.5, 0.6) is 0 Å². The molecule has 0 saturated carbocycles. The molecule has 0 radical (unpaired) electrons. The zero-order valence-corrected chi connectivity index (χ0v) is 16.6. The molecule has 1 heterocycles. The van der Waals surface area contributed by atoms with Crippen LogP contribution in [-0.4, -0.2) is 48.0 Å². The topological polar surface area (TPSA) is 58.1 Å². The third kappa shape index (κ3) is 5.24. The fourth-order valence-electron chi connectivity index (χ4n) is 2.89. The van der Waals surface area contributed by atoms with Crippen molar-refractivity contribution in [2.75, 3.05) is 27.2 Å². The first kappa shape index (κ1) is 19.7. The van der Waals surface area contributed by atoms with E-state index in [-0.39, 0.29) is 5.91 Å². The van der Waals surface area contributed by atoms with E-state index in [0.717, 1.165) is 35.5 Å². The number of carbonyl (C=O) groups excluding carboxylic acids is 1. The first-order valence-corrected chi connectivity index (χ1v) is 9.45. The SMILES string of the molecule is Cc1ccc(-c2cncc(-c3cccc(C(=O)NCCCN(C)C)c3)n2)cc1. The predicted molar refractivity (Wildman–Crippen MR) is 113 cm³/mol. The van der Waals surface area contributed by atoms with E-state index >= 15 is 0 Å². The van der Waals surface area contributed by atoms with Gasteiger partial charge < -0.3 is 10.2 Å². The van der Waals surface area contributed by atoms with Gasteiger partial charge in [-0.05, 0) is 46.1 Å². The number of nitrogens with zero attached hydrogens (tertiary/aromatic N) is 3. The van der Waals surface area contributed by atoms with Crippen LogP contribution in [0.1, 0.15) is 22.3 Å². The molecule has 0 spiro atoms. The Kier molecular flexibility index (Phi) is 6.50. The summed E-state index contributed by atoms with van der Waals surface area (Å²) in [6, 6.07) is 15.7. The molecule has 1 N–H and O–H groups in total. The molecule has 0 unspecified atom stereocenters. The standard InChI is InChI=1S/C23H26N4O/c1-17-8-10-18(11-9-17)21-15-24-16-22(26-21)19-6-4-7-20(14-19)23(28)25-12-5-13-27(2)3/h4,6-11,14-16H,5,12-13H2,1-3H3,(H,25,28). The maximum atomic E-state index is 12.4. The van der Waals surface area contributed by atoms with Gasteiger partial charge in [0.1, 0.15) is 0 Å². The van der Waals surface area contributed by atoms with E-state index in [4.69, 9.17) is 4.98 Å². The number of hydrogen-bond acceptors (Lipinski definition) is 4. The molecule has 0 bridgehead atoms. The lowest BCUT2D eigenvalue weighted by atomic mass is 10.1. The molecule has 2 aromatic carbocycles. The van der Waals surface area contributed by atoms with E-state index in [9.17, 15) is 4.79 Å². The lowest BCUT2D eigenvalue weighted by molar-refractivity contribution is 0.0952. The molecule has 5 nitrogen and oxygen atoms in total. The van der Waals surface area contributed by atoms with Crippen molar-refractivity contribution in [2.24, 2.45) is 0 Å². The van der Waals surface area contributed by atoms with Crippen LogP contribution in [0, 0.1) is 6.92 Å². The summed E-state index contributed by atoms with van der Waals surface area (Å²) < 4.78 is 0. The van der Waals surface area contributed by atoms with Crippen molar-refractivity contribution in [3.05, 3.63) is 72.1 Å². The van der Waals surface area contributed by atoms with Gasteiger partial charge in [0, 0.05) is 23.2 Å². The Labute approximate surface area is 166 Å². The fourth-order valence-corrected chi connectivity index (χ4v) is 2.89. The van der Waals surface area contributed by atoms with Gasteiger partial charge in [0.05, 0.1) is 23.8 Å². The molecule has 144 valence electrons. The van der Waals surface area contributed by atoms with Gasteiger partial charge >= 0.3 is 0 Å². The molecule has 0 fully saturated rings. The van der Waals surface area contributed by atoms with Gasteiger partial charge in [-0.3, -0.25) is 9.78 Å². The highest BCUT2D eigenvalue weighted by Crippen LogP contribution is 2.22. The maximum absolute atomic E-state index is 12.4. The van der Waals surface area contributed by atoms with Gasteiger partial charge in [0.15, 0.2) is 0 Å². The van der Waals surface area contributed by atoms with Crippen LogP contribution in [0.3, 0.4) is 0 Å². The number of carbonyl (C=O) groups is 1. The van der Waals surface area contributed by atoms with Crippen molar-refractivity contribution in [1.82, 2.24) is 20.2 Å². The van der Waals surface area contributed by atoms with E-state index in [2.05, 4.69) is 34.3 Å². The molecule has 0 aliphatic heterocycles. The van der Waals surface area contributed by atoms with Gasteiger partial charge in [-0.25, -0.2) is 4.98 Å². The van der Waals surface area contributed by atoms with Crippen molar-refractivity contribution >= 4 is 5.91 Å². The summed E-state index contributed by atoms with van der Waals surface area (Å²) >= 11 is 0. The summed E-state index contributed by atoms with van der Waals surface area (Å²) in [4.78, 5) is 23.6. The van der Waals surface area contributed by atoms with Crippen LogP contribution < -0.4 is 5.32 Å². The normalized spacial score (nSPS) is 10.9. The summed E-state index contributed by atoms with van der Waals surface area (Å²) in [6.45, 7) is 3.66. The van der Waals surface area contributed by atoms with Crippen molar-refractivity contribution in [1.29, 1.82) is 0 Å². The summed E-state index contributed by atoms with van der Waals surface area (Å²) in [5, 5.41) is 2.97. The maximum Gasteiger partial charge on any atom is 0.251 e. The minimum atomic E-state index is -0.0664. The minimum absolute atomic E-state index is 0.0664. The second-order valence-electron chi connectivity index (χ2n) is 7.15. The van der Waals surface area contributed by atoms with E-state index in [1.54, 1.807) is 12.4 Å². The van der Waals surface area contributed by atoms with Gasteiger partial charge in [0.25, 0.3) is 5.91 Å². The number of hydrogen-bond donors (Lipinski definition) is 1. The first-order valence-electron chi connectivity index (χ1n) is 9.45. The molecule has 1 amide bonds. The number of aromatic nitrogens is 2. The largest absolute Gasteiger partial charge is 0.352 e. The van der Waals surface area contributed by atoms with Crippen LogP contribution in [0.4, 0.5) is 0 Å². The molecule has 3 rings (SSSR count). The molecule has 0 atom stereocenters. The van der Waals surface area contributed by atoms with Gasteiger partial charge in [-0.2, -0.15) is 0 Å². The Hall–Kier alpha value is -3.05. The zero-order valence-electron chi connectivity index (χ0n) is 16.6. The molecule has 5 heteroatoms. The Balaban J connectivity index is 1.75. The molecule has 28 heavy (non-hydrogen) atoms. The van der Waals surface area contributed by atoms with E-state index in [1.807, 2.05) is 50.5 Å². The van der Waals surface area contributed by atoms with Crippen LogP contribution in [0.15, 0.2) is 60.9 Å². The van der Waals surface area contributed by atoms with Gasteiger partial charge in [-0.1, -0.05) is 42.0 Å². The summed E-state index contributed by atoms with van der Waals surface area (Å²) in [6.07, 6.45) is 4.41. The highest BCUT2D eigenvalue weighted by molar-refractivity contribution is 5.95. The second-order valence-corrected chi connectivity index (χ2v) is 7.15. The number of amides is 1. The van der Waals surface area contributed by atoms with Crippen molar-refractivity contribution < 1.29 is 4.79 Å². The number of rotatable bonds is 7. The van der Waals surface area contributed by atoms with Crippen molar-refractivity contribution in [3.8, 4) is 22.5 Å². The average molecular weight is 374 g/mol. The third-order valence-corrected chi connectivity index (χ3v) is 4.47. The van der Waals surface area contributed by atoms with Crippen LogP contribution in [0.25, 0.3) is 22.5 Å². The zero-order chi connectivity index (χ0) is 19.9. The Morgan fingerprint density at radius 3 is 2.43 bits per heavy atom. The first-order chi connectivity index (χ1) is 13.5. The number of benzene rings is 2. The van der Waals surface area contributed by atoms with Crippen molar-refractivity contribution in [2.45, 2.75) is 13.3 Å². The molecular formula is C23H26N4O. The molecule has 0 aliphatic rings. The minimum Gasteiger partial charge on any atom is -0.352 e. The molecule has 1 aromatic heterocycles. The summed E-state index contributed by atoms with van der Waals surface area (Å²) in [5.41, 5.74) is 5.30. The Morgan fingerprint density at radius 1 is 1.00 bits per heavy atom. The highest BCUT2D eigenvalue weighted by atomic mass is 16.1. The van der Waals surface area contributed by atoms with Crippen molar-refractivity contribution in [3.63, 3.8) is 0 Å². The van der Waals surface area contributed by atoms with E-state index in [0.29, 0.717) is 12.1 Å². The highest BCUT2D eigenvalue weighted by Gasteiger charge is 2.09. The lowest BCUT2D eigenvalue weighted by Gasteiger charge is -2.10. The van der Waals surface area contributed by atoms with Gasteiger partial charge in [-0.15, -0.1) is 0 Å². The average Bonchev–Trinajstić information content (AvgIpc) is 2.71. The Bertz CT molecular complexity index is 935. The molecule has 0 saturated heterocycles. The van der Waals surface area contributed by atoms with Crippen LogP contribution >= 0.6 is 0 Å². The summed E-state index contributed by atoms with van der Waals surface area (Å²) in [5.74, 6) is -0.0664. The molecule has 0 aliphatic carbocycles. The quantitative estimate of drug-likeness (QED) is 0.639. The monoisotopic (exact) mass is 374 g/mol. The van der Waals surface area contributed by atoms with Crippen LogP contribution in [-0.2, 0) is 0 Å². The number of nitrogens with one attached hydrogen (secondary N) is 1. The van der Waals surface area contributed by atoms with E-state index < -0.39 is 0 Å². The smallest absolute Gasteiger partial charge is 0.251 e. The fraction of sp³-hybridized carbons (Fsp3) is 0.261. The second kappa shape index (κ2) is 9.24. The number of aryl methyl sites for hydroxylation is 1. The van der Waals surface area contributed by atoms with Gasteiger partial charge in [0.2, 0.25) is 0 Å². The van der Waals surface area contributed by atoms with Crippen LogP contribution in [0.2, 0.25) is 0 Å². The molecule has 3 aromatic rings. The molecular weight excluding hydrogens is 348 g/mol.